The fourth-order valence-electron chi connectivity index (χ4n) is 1.92. The highest BCUT2D eigenvalue weighted by Crippen LogP contribution is 2.28. The van der Waals surface area contributed by atoms with Crippen molar-refractivity contribution in [3.05, 3.63) is 47.3 Å². The normalized spacial score (nSPS) is 13.8. The van der Waals surface area contributed by atoms with Crippen LogP contribution in [0.1, 0.15) is 31.1 Å². The second-order valence-corrected chi connectivity index (χ2v) is 3.89. The molecular formula is C12H6N2O5. The van der Waals surface area contributed by atoms with Gasteiger partial charge in [0.1, 0.15) is 12.0 Å². The van der Waals surface area contributed by atoms with Crippen LogP contribution in [0.3, 0.4) is 0 Å². The summed E-state index contributed by atoms with van der Waals surface area (Å²) in [5.74, 6) is -2.28. The van der Waals surface area contributed by atoms with E-state index in [4.69, 9.17) is 5.11 Å². The standard InChI is InChI=1S/C12H6N2O5/c15-10-8-2-1-6(12(17)18)3-9(8)11(16)14(10)7-4-13-19-5-7/h1-5H,(H,17,18). The fraction of sp³-hybridized carbons (Fsp3) is 0. The number of rotatable bonds is 2. The molecule has 3 rings (SSSR count). The lowest BCUT2D eigenvalue weighted by Gasteiger charge is -2.08. The summed E-state index contributed by atoms with van der Waals surface area (Å²) in [4.78, 5) is 36.0. The molecule has 0 spiro atoms. The van der Waals surface area contributed by atoms with Crippen molar-refractivity contribution in [1.82, 2.24) is 5.16 Å². The first-order valence-corrected chi connectivity index (χ1v) is 5.25. The smallest absolute Gasteiger partial charge is 0.335 e. The summed E-state index contributed by atoms with van der Waals surface area (Å²) in [6.07, 6.45) is 2.40. The number of benzene rings is 1. The number of carboxylic acid groups (broad SMARTS) is 1. The van der Waals surface area contributed by atoms with Gasteiger partial charge in [0, 0.05) is 0 Å². The molecule has 0 bridgehead atoms. The predicted molar refractivity (Wildman–Crippen MR) is 61.0 cm³/mol. The van der Waals surface area contributed by atoms with E-state index in [1.165, 1.54) is 30.7 Å². The molecule has 2 heterocycles. The van der Waals surface area contributed by atoms with Crippen molar-refractivity contribution in [2.24, 2.45) is 0 Å². The molecule has 94 valence electrons. The van der Waals surface area contributed by atoms with Gasteiger partial charge in [-0.1, -0.05) is 5.16 Å². The number of aromatic nitrogens is 1. The Morgan fingerprint density at radius 1 is 1.21 bits per heavy atom. The van der Waals surface area contributed by atoms with Gasteiger partial charge in [0.2, 0.25) is 0 Å². The van der Waals surface area contributed by atoms with Crippen LogP contribution in [0.15, 0.2) is 35.2 Å². The van der Waals surface area contributed by atoms with E-state index in [0.717, 1.165) is 4.90 Å². The first-order valence-electron chi connectivity index (χ1n) is 5.25. The van der Waals surface area contributed by atoms with E-state index in [1.807, 2.05) is 0 Å². The van der Waals surface area contributed by atoms with Crippen molar-refractivity contribution in [1.29, 1.82) is 0 Å². The van der Waals surface area contributed by atoms with Crippen LogP contribution < -0.4 is 4.90 Å². The van der Waals surface area contributed by atoms with Crippen LogP contribution in [0.2, 0.25) is 0 Å². The van der Waals surface area contributed by atoms with Gasteiger partial charge in [0.25, 0.3) is 11.8 Å². The molecule has 1 N–H and O–H groups in total. The maximum absolute atomic E-state index is 12.1. The van der Waals surface area contributed by atoms with Crippen molar-refractivity contribution in [2.75, 3.05) is 4.90 Å². The molecule has 0 saturated heterocycles. The number of anilines is 1. The van der Waals surface area contributed by atoms with Crippen molar-refractivity contribution >= 4 is 23.5 Å². The van der Waals surface area contributed by atoms with Gasteiger partial charge in [-0.3, -0.25) is 9.59 Å². The zero-order valence-corrected chi connectivity index (χ0v) is 9.36. The molecule has 0 fully saturated rings. The maximum atomic E-state index is 12.1. The molecule has 2 amide bonds. The number of carbonyl (C=O) groups is 3. The van der Waals surface area contributed by atoms with E-state index in [-0.39, 0.29) is 22.4 Å². The lowest BCUT2D eigenvalue weighted by Crippen LogP contribution is -2.28. The summed E-state index contributed by atoms with van der Waals surface area (Å²) in [5.41, 5.74) is 0.387. The van der Waals surface area contributed by atoms with E-state index >= 15 is 0 Å². The number of nitrogens with zero attached hydrogens (tertiary/aromatic N) is 2. The summed E-state index contributed by atoms with van der Waals surface area (Å²) >= 11 is 0. The predicted octanol–water partition coefficient (Wildman–Crippen LogP) is 1.17. The molecule has 7 nitrogen and oxygen atoms in total. The second kappa shape index (κ2) is 3.77. The first kappa shape index (κ1) is 11.1. The van der Waals surface area contributed by atoms with Gasteiger partial charge < -0.3 is 9.63 Å². The molecule has 19 heavy (non-hydrogen) atoms. The minimum absolute atomic E-state index is 0.0490. The monoisotopic (exact) mass is 258 g/mol. The lowest BCUT2D eigenvalue weighted by molar-refractivity contribution is 0.0696. The summed E-state index contributed by atoms with van der Waals surface area (Å²) in [7, 11) is 0. The van der Waals surface area contributed by atoms with Gasteiger partial charge in [-0.25, -0.2) is 9.69 Å². The topological polar surface area (TPSA) is 101 Å². The third-order valence-electron chi connectivity index (χ3n) is 2.81. The molecule has 2 aromatic rings. The zero-order chi connectivity index (χ0) is 13.6. The van der Waals surface area contributed by atoms with Gasteiger partial charge in [0.15, 0.2) is 0 Å². The molecule has 1 aliphatic heterocycles. The number of amides is 2. The Kier molecular flexibility index (Phi) is 2.21. The van der Waals surface area contributed by atoms with E-state index in [0.29, 0.717) is 0 Å². The number of aromatic carboxylic acids is 1. The molecular weight excluding hydrogens is 252 g/mol. The number of hydrogen-bond donors (Lipinski definition) is 1. The summed E-state index contributed by atoms with van der Waals surface area (Å²) in [6.45, 7) is 0. The average Bonchev–Trinajstić information content (AvgIpc) is 2.98. The molecule has 1 aromatic heterocycles. The summed E-state index contributed by atoms with van der Waals surface area (Å²) in [5, 5.41) is 12.3. The second-order valence-electron chi connectivity index (χ2n) is 3.89. The molecule has 1 aliphatic rings. The van der Waals surface area contributed by atoms with Crippen LogP contribution in [0.25, 0.3) is 0 Å². The van der Waals surface area contributed by atoms with E-state index in [2.05, 4.69) is 9.68 Å². The van der Waals surface area contributed by atoms with Crippen molar-refractivity contribution in [3.63, 3.8) is 0 Å². The van der Waals surface area contributed by atoms with E-state index in [9.17, 15) is 14.4 Å². The van der Waals surface area contributed by atoms with Crippen LogP contribution in [0.4, 0.5) is 5.69 Å². The molecule has 0 atom stereocenters. The number of carboxylic acids is 1. The van der Waals surface area contributed by atoms with Crippen LogP contribution in [-0.2, 0) is 0 Å². The van der Waals surface area contributed by atoms with Crippen molar-refractivity contribution < 1.29 is 24.0 Å². The van der Waals surface area contributed by atoms with Gasteiger partial charge in [-0.05, 0) is 18.2 Å². The molecule has 1 aromatic carbocycles. The van der Waals surface area contributed by atoms with Crippen LogP contribution in [0.5, 0.6) is 0 Å². The summed E-state index contributed by atoms with van der Waals surface area (Å²) in [6, 6.07) is 3.79. The molecule has 0 unspecified atom stereocenters. The van der Waals surface area contributed by atoms with E-state index in [1.54, 1.807) is 0 Å². The Balaban J connectivity index is 2.12. The highest BCUT2D eigenvalue weighted by Gasteiger charge is 2.37. The SMILES string of the molecule is O=C(O)c1ccc2c(c1)C(=O)N(c1cnoc1)C2=O. The van der Waals surface area contributed by atoms with E-state index < -0.39 is 17.8 Å². The quantitative estimate of drug-likeness (QED) is 0.811. The lowest BCUT2D eigenvalue weighted by atomic mass is 10.1. The van der Waals surface area contributed by atoms with Crippen LogP contribution in [-0.4, -0.2) is 28.0 Å². The van der Waals surface area contributed by atoms with Crippen molar-refractivity contribution in [2.45, 2.75) is 0 Å². The Hall–Kier alpha value is -2.96. The molecule has 0 radical (unpaired) electrons. The number of imide groups is 1. The highest BCUT2D eigenvalue weighted by molar-refractivity contribution is 6.34. The Bertz CT molecular complexity index is 705. The Labute approximate surface area is 106 Å². The molecule has 0 saturated carbocycles. The molecule has 7 heteroatoms. The third-order valence-corrected chi connectivity index (χ3v) is 2.81. The zero-order valence-electron chi connectivity index (χ0n) is 9.36. The number of hydrogen-bond acceptors (Lipinski definition) is 5. The largest absolute Gasteiger partial charge is 0.478 e. The van der Waals surface area contributed by atoms with Crippen molar-refractivity contribution in [3.8, 4) is 0 Å². The average molecular weight is 258 g/mol. The highest BCUT2D eigenvalue weighted by atomic mass is 16.5. The molecule has 0 aliphatic carbocycles. The number of carbonyl (C=O) groups excluding carboxylic acids is 2. The Morgan fingerprint density at radius 3 is 2.58 bits per heavy atom. The van der Waals surface area contributed by atoms with Gasteiger partial charge >= 0.3 is 5.97 Å². The Morgan fingerprint density at radius 2 is 1.95 bits per heavy atom. The van der Waals surface area contributed by atoms with Crippen LogP contribution >= 0.6 is 0 Å². The van der Waals surface area contributed by atoms with Gasteiger partial charge in [0.05, 0.1) is 22.9 Å². The van der Waals surface area contributed by atoms with Gasteiger partial charge in [-0.2, -0.15) is 0 Å². The summed E-state index contributed by atoms with van der Waals surface area (Å²) < 4.78 is 4.59. The number of fused-ring (bicyclic) bond motifs is 1. The maximum Gasteiger partial charge on any atom is 0.335 e. The minimum atomic E-state index is -1.16. The van der Waals surface area contributed by atoms with Crippen LogP contribution in [0, 0.1) is 0 Å². The third kappa shape index (κ3) is 1.52. The first-order chi connectivity index (χ1) is 9.09. The minimum Gasteiger partial charge on any atom is -0.478 e. The van der Waals surface area contributed by atoms with Gasteiger partial charge in [-0.15, -0.1) is 0 Å². The fourth-order valence-corrected chi connectivity index (χ4v) is 1.92.